The number of hydrogen-bond donors (Lipinski definition) is 1. The second-order valence-electron chi connectivity index (χ2n) is 3.42. The van der Waals surface area contributed by atoms with Gasteiger partial charge in [0.05, 0.1) is 0 Å². The van der Waals surface area contributed by atoms with Gasteiger partial charge in [0.2, 0.25) is 9.70 Å². The second-order valence-corrected chi connectivity index (χ2v) is 6.88. The van der Waals surface area contributed by atoms with Crippen LogP contribution < -0.4 is 5.32 Å². The van der Waals surface area contributed by atoms with Crippen LogP contribution in [0, 0.1) is 0 Å². The summed E-state index contributed by atoms with van der Waals surface area (Å²) in [4.78, 5) is 11.0. The van der Waals surface area contributed by atoms with Gasteiger partial charge in [-0.1, -0.05) is 65.1 Å². The first-order valence-corrected chi connectivity index (χ1v) is 7.07. The quantitative estimate of drug-likeness (QED) is 0.677. The van der Waals surface area contributed by atoms with E-state index in [1.54, 1.807) is 0 Å². The van der Waals surface area contributed by atoms with Crippen molar-refractivity contribution < 1.29 is 4.79 Å². The molecule has 1 unspecified atom stereocenters. The largest absolute Gasteiger partial charge is 0.340 e. The summed E-state index contributed by atoms with van der Waals surface area (Å²) in [5, 5.41) is 2.05. The highest BCUT2D eigenvalue weighted by Gasteiger charge is 2.33. The van der Waals surface area contributed by atoms with Gasteiger partial charge in [0.25, 0.3) is 0 Å². The number of nitrogens with one attached hydrogen (secondary N) is 1. The highest BCUT2D eigenvalue weighted by Crippen LogP contribution is 2.37. The summed E-state index contributed by atoms with van der Waals surface area (Å²) in [6, 6.07) is 9.79. The third-order valence-corrected chi connectivity index (χ3v) is 4.24. The topological polar surface area (TPSA) is 29.1 Å². The van der Waals surface area contributed by atoms with Gasteiger partial charge in [-0.15, -0.1) is 11.8 Å². The van der Waals surface area contributed by atoms with Gasteiger partial charge >= 0.3 is 0 Å². The van der Waals surface area contributed by atoms with Crippen molar-refractivity contribution in [2.45, 2.75) is 21.8 Å². The molecule has 0 radical (unpaired) electrons. The number of halogens is 3. The van der Waals surface area contributed by atoms with Gasteiger partial charge < -0.3 is 5.32 Å². The van der Waals surface area contributed by atoms with Gasteiger partial charge in [-0.25, -0.2) is 0 Å². The van der Waals surface area contributed by atoms with Crippen LogP contribution in [-0.2, 0) is 10.5 Å². The molecular formula is C11H12Cl3NOS. The fraction of sp³-hybridized carbons (Fsp3) is 0.364. The second kappa shape index (κ2) is 6.74. The van der Waals surface area contributed by atoms with Crippen molar-refractivity contribution in [3.8, 4) is 0 Å². The molecule has 1 aromatic rings. The molecule has 0 aromatic heterocycles. The third-order valence-electron chi connectivity index (χ3n) is 1.89. The molecule has 1 rings (SSSR count). The zero-order valence-corrected chi connectivity index (χ0v) is 12.2. The Morgan fingerprint density at radius 2 is 1.94 bits per heavy atom. The van der Waals surface area contributed by atoms with Crippen LogP contribution in [0.4, 0.5) is 0 Å². The highest BCUT2D eigenvalue weighted by atomic mass is 35.6. The number of carbonyl (C=O) groups is 1. The van der Waals surface area contributed by atoms with E-state index in [2.05, 4.69) is 5.32 Å². The Hall–Kier alpha value is -0.0900. The molecule has 0 aliphatic rings. The molecule has 17 heavy (non-hydrogen) atoms. The number of rotatable bonds is 4. The van der Waals surface area contributed by atoms with Gasteiger partial charge in [0, 0.05) is 12.7 Å². The predicted molar refractivity (Wildman–Crippen MR) is 75.6 cm³/mol. The number of alkyl halides is 3. The van der Waals surface area contributed by atoms with Crippen LogP contribution in [0.1, 0.15) is 12.5 Å². The van der Waals surface area contributed by atoms with Crippen LogP contribution in [0.25, 0.3) is 0 Å². The van der Waals surface area contributed by atoms with Crippen molar-refractivity contribution in [3.63, 3.8) is 0 Å². The lowest BCUT2D eigenvalue weighted by atomic mass is 10.2. The van der Waals surface area contributed by atoms with E-state index >= 15 is 0 Å². The molecule has 0 spiro atoms. The van der Waals surface area contributed by atoms with Crippen molar-refractivity contribution in [2.75, 3.05) is 0 Å². The summed E-state index contributed by atoms with van der Waals surface area (Å²) in [7, 11) is 0. The maximum absolute atomic E-state index is 11.0. The molecule has 1 atom stereocenters. The molecule has 1 amide bonds. The lowest BCUT2D eigenvalue weighted by molar-refractivity contribution is -0.119. The summed E-state index contributed by atoms with van der Waals surface area (Å²) in [5.74, 6) is 0.446. The molecule has 0 aliphatic heterocycles. The van der Waals surface area contributed by atoms with E-state index in [0.29, 0.717) is 5.75 Å². The predicted octanol–water partition coefficient (Wildman–Crippen LogP) is 3.75. The minimum atomic E-state index is -1.52. The Morgan fingerprint density at radius 3 is 2.41 bits per heavy atom. The molecule has 1 aromatic carbocycles. The van der Waals surface area contributed by atoms with Crippen LogP contribution in [-0.4, -0.2) is 15.1 Å². The maximum Gasteiger partial charge on any atom is 0.219 e. The molecule has 0 fully saturated rings. The van der Waals surface area contributed by atoms with E-state index in [1.807, 2.05) is 30.3 Å². The first-order valence-electron chi connectivity index (χ1n) is 4.89. The zero-order valence-electron chi connectivity index (χ0n) is 9.12. The van der Waals surface area contributed by atoms with E-state index in [-0.39, 0.29) is 5.91 Å². The molecule has 0 heterocycles. The summed E-state index contributed by atoms with van der Waals surface area (Å²) < 4.78 is -1.52. The van der Waals surface area contributed by atoms with Crippen LogP contribution >= 0.6 is 46.6 Å². The summed E-state index contributed by atoms with van der Waals surface area (Å²) in [6.45, 7) is 1.40. The number of carbonyl (C=O) groups excluding carboxylic acids is 1. The number of amides is 1. The van der Waals surface area contributed by atoms with Gasteiger partial charge in [-0.3, -0.25) is 4.79 Å². The Labute approximate surface area is 120 Å². The van der Waals surface area contributed by atoms with Crippen molar-refractivity contribution in [1.29, 1.82) is 0 Å². The van der Waals surface area contributed by atoms with Crippen molar-refractivity contribution >= 4 is 52.5 Å². The molecule has 0 bridgehead atoms. The van der Waals surface area contributed by atoms with Gasteiger partial charge in [-0.2, -0.15) is 0 Å². The zero-order chi connectivity index (χ0) is 12.9. The number of thioether (sulfide) groups is 1. The Bertz CT molecular complexity index is 367. The van der Waals surface area contributed by atoms with Crippen molar-refractivity contribution in [3.05, 3.63) is 35.9 Å². The molecule has 94 valence electrons. The SMILES string of the molecule is CC(=O)NC(SCc1ccccc1)C(Cl)(Cl)Cl. The third kappa shape index (κ3) is 5.87. The van der Waals surface area contributed by atoms with E-state index in [1.165, 1.54) is 18.7 Å². The average Bonchev–Trinajstić information content (AvgIpc) is 2.23. The standard InChI is InChI=1S/C11H12Cl3NOS/c1-8(16)15-10(11(12,13)14)17-7-9-5-3-2-4-6-9/h2-6,10H,7H2,1H3,(H,15,16). The molecule has 0 saturated heterocycles. The lowest BCUT2D eigenvalue weighted by Gasteiger charge is -2.24. The molecule has 6 heteroatoms. The van der Waals surface area contributed by atoms with Crippen molar-refractivity contribution in [1.82, 2.24) is 5.32 Å². The molecule has 2 nitrogen and oxygen atoms in total. The lowest BCUT2D eigenvalue weighted by Crippen LogP contribution is -2.40. The molecule has 0 saturated carbocycles. The minimum absolute atomic E-state index is 0.220. The van der Waals surface area contributed by atoms with E-state index in [4.69, 9.17) is 34.8 Å². The van der Waals surface area contributed by atoms with E-state index < -0.39 is 9.17 Å². The highest BCUT2D eigenvalue weighted by molar-refractivity contribution is 7.99. The van der Waals surface area contributed by atoms with Crippen LogP contribution in [0.2, 0.25) is 0 Å². The van der Waals surface area contributed by atoms with Gasteiger partial charge in [-0.05, 0) is 5.56 Å². The van der Waals surface area contributed by atoms with Gasteiger partial charge in [0.1, 0.15) is 5.37 Å². The average molecular weight is 313 g/mol. The first kappa shape index (κ1) is 15.0. The van der Waals surface area contributed by atoms with E-state index in [0.717, 1.165) is 5.56 Å². The minimum Gasteiger partial charge on any atom is -0.340 e. The Balaban J connectivity index is 2.59. The van der Waals surface area contributed by atoms with Crippen molar-refractivity contribution in [2.24, 2.45) is 0 Å². The first-order chi connectivity index (χ1) is 7.89. The monoisotopic (exact) mass is 311 g/mol. The van der Waals surface area contributed by atoms with Crippen LogP contribution in [0.5, 0.6) is 0 Å². The van der Waals surface area contributed by atoms with Crippen LogP contribution in [0.3, 0.4) is 0 Å². The van der Waals surface area contributed by atoms with Gasteiger partial charge in [0.15, 0.2) is 0 Å². The number of hydrogen-bond acceptors (Lipinski definition) is 2. The molecule has 0 aliphatic carbocycles. The summed E-state index contributed by atoms with van der Waals surface area (Å²) in [5.41, 5.74) is 1.11. The maximum atomic E-state index is 11.0. The van der Waals surface area contributed by atoms with E-state index in [9.17, 15) is 4.79 Å². The van der Waals surface area contributed by atoms with Crippen LogP contribution in [0.15, 0.2) is 30.3 Å². The summed E-state index contributed by atoms with van der Waals surface area (Å²) in [6.07, 6.45) is 0. The smallest absolute Gasteiger partial charge is 0.219 e. The number of benzene rings is 1. The fourth-order valence-corrected chi connectivity index (χ4v) is 2.88. The summed E-state index contributed by atoms with van der Waals surface area (Å²) >= 11 is 18.8. The fourth-order valence-electron chi connectivity index (χ4n) is 1.16. The molecular weight excluding hydrogens is 301 g/mol. The Morgan fingerprint density at radius 1 is 1.35 bits per heavy atom. The molecule has 1 N–H and O–H groups in total. The Kier molecular flexibility index (Phi) is 5.93. The normalized spacial score (nSPS) is 13.2.